The number of nitrogens with one attached hydrogen (secondary N) is 2. The van der Waals surface area contributed by atoms with Gasteiger partial charge in [-0.05, 0) is 42.5 Å². The Morgan fingerprint density at radius 2 is 2.08 bits per heavy atom. The first kappa shape index (κ1) is 16.9. The minimum Gasteiger partial charge on any atom is -0.495 e. The van der Waals surface area contributed by atoms with Gasteiger partial charge in [0.15, 0.2) is 0 Å². The van der Waals surface area contributed by atoms with E-state index in [1.807, 2.05) is 6.07 Å². The van der Waals surface area contributed by atoms with Crippen molar-refractivity contribution in [1.29, 1.82) is 0 Å². The number of aromatic nitrogens is 1. The van der Waals surface area contributed by atoms with Crippen molar-refractivity contribution >= 4 is 28.9 Å². The summed E-state index contributed by atoms with van der Waals surface area (Å²) >= 11 is 6.12. The van der Waals surface area contributed by atoms with Gasteiger partial charge in [0.05, 0.1) is 24.9 Å². The van der Waals surface area contributed by atoms with Crippen LogP contribution in [0.4, 0.5) is 11.4 Å². The van der Waals surface area contributed by atoms with Crippen LogP contribution in [0.25, 0.3) is 0 Å². The summed E-state index contributed by atoms with van der Waals surface area (Å²) < 4.78 is 10.3. The van der Waals surface area contributed by atoms with Gasteiger partial charge in [0.25, 0.3) is 5.91 Å². The largest absolute Gasteiger partial charge is 0.495 e. The molecule has 0 bridgehead atoms. The van der Waals surface area contributed by atoms with Crippen molar-refractivity contribution in [2.75, 3.05) is 12.4 Å². The number of pyridine rings is 1. The van der Waals surface area contributed by atoms with Crippen molar-refractivity contribution in [2.24, 2.45) is 0 Å². The van der Waals surface area contributed by atoms with E-state index in [-0.39, 0.29) is 5.91 Å². The normalized spacial score (nSPS) is 10.3. The van der Waals surface area contributed by atoms with Crippen LogP contribution in [0.15, 0.2) is 59.3 Å². The number of hydrogen-bond donors (Lipinski definition) is 2. The molecule has 0 aliphatic heterocycles. The SMILES string of the molecule is COc1ccc(Nc2ccnc(C(=O)NCc3ccco3)c2)cc1Cl. The number of benzene rings is 1. The van der Waals surface area contributed by atoms with Crippen LogP contribution in [0, 0.1) is 0 Å². The number of anilines is 2. The molecule has 0 atom stereocenters. The molecule has 2 aromatic heterocycles. The zero-order valence-corrected chi connectivity index (χ0v) is 14.2. The number of methoxy groups -OCH3 is 1. The molecule has 25 heavy (non-hydrogen) atoms. The van der Waals surface area contributed by atoms with Crippen molar-refractivity contribution < 1.29 is 13.9 Å². The van der Waals surface area contributed by atoms with Gasteiger partial charge in [-0.2, -0.15) is 0 Å². The number of carbonyl (C=O) groups excluding carboxylic acids is 1. The molecule has 2 N–H and O–H groups in total. The average Bonchev–Trinajstić information content (AvgIpc) is 3.14. The molecular formula is C18H16ClN3O3. The Balaban J connectivity index is 1.68. The summed E-state index contributed by atoms with van der Waals surface area (Å²) in [7, 11) is 1.56. The van der Waals surface area contributed by atoms with Crippen molar-refractivity contribution in [3.63, 3.8) is 0 Å². The van der Waals surface area contributed by atoms with E-state index in [0.717, 1.165) is 11.4 Å². The van der Waals surface area contributed by atoms with Crippen LogP contribution < -0.4 is 15.4 Å². The summed E-state index contributed by atoms with van der Waals surface area (Å²) in [6, 6.07) is 12.3. The van der Waals surface area contributed by atoms with E-state index in [4.69, 9.17) is 20.8 Å². The predicted molar refractivity (Wildman–Crippen MR) is 95.4 cm³/mol. The molecule has 3 aromatic rings. The first-order chi connectivity index (χ1) is 12.2. The number of nitrogens with zero attached hydrogens (tertiary/aromatic N) is 1. The molecule has 0 aliphatic carbocycles. The molecule has 1 amide bonds. The van der Waals surface area contributed by atoms with Gasteiger partial charge in [-0.15, -0.1) is 0 Å². The maximum absolute atomic E-state index is 12.2. The van der Waals surface area contributed by atoms with Crippen molar-refractivity contribution in [1.82, 2.24) is 10.3 Å². The number of furan rings is 1. The summed E-state index contributed by atoms with van der Waals surface area (Å²) in [4.78, 5) is 16.3. The van der Waals surface area contributed by atoms with Gasteiger partial charge >= 0.3 is 0 Å². The number of halogens is 1. The fourth-order valence-corrected chi connectivity index (χ4v) is 2.47. The van der Waals surface area contributed by atoms with Crippen LogP contribution in [0.5, 0.6) is 5.75 Å². The molecule has 128 valence electrons. The van der Waals surface area contributed by atoms with Crippen molar-refractivity contribution in [2.45, 2.75) is 6.54 Å². The van der Waals surface area contributed by atoms with Gasteiger partial charge in [0, 0.05) is 17.6 Å². The molecule has 0 saturated heterocycles. The minimum absolute atomic E-state index is 0.284. The van der Waals surface area contributed by atoms with Gasteiger partial charge in [0.2, 0.25) is 0 Å². The van der Waals surface area contributed by atoms with E-state index >= 15 is 0 Å². The fraction of sp³-hybridized carbons (Fsp3) is 0.111. The predicted octanol–water partition coefficient (Wildman–Crippen LogP) is 4.01. The van der Waals surface area contributed by atoms with E-state index in [0.29, 0.717) is 28.8 Å². The van der Waals surface area contributed by atoms with E-state index in [1.165, 1.54) is 0 Å². The Hall–Kier alpha value is -2.99. The van der Waals surface area contributed by atoms with Gasteiger partial charge in [0.1, 0.15) is 17.2 Å². The molecule has 0 unspecified atom stereocenters. The van der Waals surface area contributed by atoms with Crippen LogP contribution in [-0.2, 0) is 6.54 Å². The van der Waals surface area contributed by atoms with E-state index < -0.39 is 0 Å². The fourth-order valence-electron chi connectivity index (χ4n) is 2.21. The van der Waals surface area contributed by atoms with E-state index in [2.05, 4.69) is 15.6 Å². The van der Waals surface area contributed by atoms with Crippen LogP contribution in [0.1, 0.15) is 16.2 Å². The highest BCUT2D eigenvalue weighted by Crippen LogP contribution is 2.28. The summed E-state index contributed by atoms with van der Waals surface area (Å²) in [6.07, 6.45) is 3.12. The van der Waals surface area contributed by atoms with Gasteiger partial charge in [-0.3, -0.25) is 9.78 Å². The maximum atomic E-state index is 12.2. The van der Waals surface area contributed by atoms with E-state index in [9.17, 15) is 4.79 Å². The molecule has 0 aliphatic rings. The quantitative estimate of drug-likeness (QED) is 0.697. The number of amides is 1. The van der Waals surface area contributed by atoms with E-state index in [1.54, 1.807) is 56.0 Å². The van der Waals surface area contributed by atoms with Crippen molar-refractivity contribution in [3.05, 3.63) is 71.4 Å². The number of carbonyl (C=O) groups is 1. The summed E-state index contributed by atoms with van der Waals surface area (Å²) in [5, 5.41) is 6.44. The Morgan fingerprint density at radius 1 is 1.24 bits per heavy atom. The standard InChI is InChI=1S/C18H16ClN3O3/c1-24-17-5-4-12(9-15(17)19)22-13-6-7-20-16(10-13)18(23)21-11-14-3-2-8-25-14/h2-10H,11H2,1H3,(H,20,22)(H,21,23). The zero-order chi connectivity index (χ0) is 17.6. The molecule has 1 aromatic carbocycles. The number of hydrogen-bond acceptors (Lipinski definition) is 5. The summed E-state index contributed by atoms with van der Waals surface area (Å²) in [6.45, 7) is 0.305. The molecule has 6 nitrogen and oxygen atoms in total. The monoisotopic (exact) mass is 357 g/mol. The molecule has 3 rings (SSSR count). The average molecular weight is 358 g/mol. The topological polar surface area (TPSA) is 76.4 Å². The lowest BCUT2D eigenvalue weighted by atomic mass is 10.2. The number of ether oxygens (including phenoxy) is 1. The van der Waals surface area contributed by atoms with Gasteiger partial charge < -0.3 is 19.8 Å². The number of rotatable bonds is 6. The Morgan fingerprint density at radius 3 is 2.80 bits per heavy atom. The highest BCUT2D eigenvalue weighted by atomic mass is 35.5. The second-order valence-electron chi connectivity index (χ2n) is 5.17. The molecular weight excluding hydrogens is 342 g/mol. The van der Waals surface area contributed by atoms with Crippen LogP contribution in [0.3, 0.4) is 0 Å². The lowest BCUT2D eigenvalue weighted by molar-refractivity contribution is 0.0943. The lowest BCUT2D eigenvalue weighted by Gasteiger charge is -2.10. The molecule has 7 heteroatoms. The molecule has 0 radical (unpaired) electrons. The van der Waals surface area contributed by atoms with Crippen molar-refractivity contribution in [3.8, 4) is 5.75 Å². The van der Waals surface area contributed by atoms with Gasteiger partial charge in [-0.25, -0.2) is 0 Å². The highest BCUT2D eigenvalue weighted by Gasteiger charge is 2.09. The smallest absolute Gasteiger partial charge is 0.270 e. The van der Waals surface area contributed by atoms with Gasteiger partial charge in [-0.1, -0.05) is 11.6 Å². The Kier molecular flexibility index (Phi) is 5.20. The summed E-state index contributed by atoms with van der Waals surface area (Å²) in [5.74, 6) is 0.989. The third-order valence-corrected chi connectivity index (χ3v) is 3.73. The van der Waals surface area contributed by atoms with Crippen LogP contribution in [0.2, 0.25) is 5.02 Å². The Labute approximate surface area is 149 Å². The second-order valence-corrected chi connectivity index (χ2v) is 5.57. The molecule has 0 spiro atoms. The highest BCUT2D eigenvalue weighted by molar-refractivity contribution is 6.32. The molecule has 0 fully saturated rings. The molecule has 0 saturated carbocycles. The first-order valence-corrected chi connectivity index (χ1v) is 7.90. The molecule has 2 heterocycles. The van der Waals surface area contributed by atoms with Crippen LogP contribution >= 0.6 is 11.6 Å². The minimum atomic E-state index is -0.284. The third kappa shape index (κ3) is 4.30. The second kappa shape index (κ2) is 7.72. The zero-order valence-electron chi connectivity index (χ0n) is 13.5. The summed E-state index contributed by atoms with van der Waals surface area (Å²) in [5.41, 5.74) is 1.80. The first-order valence-electron chi connectivity index (χ1n) is 7.53. The maximum Gasteiger partial charge on any atom is 0.270 e. The Bertz CT molecular complexity index is 866. The van der Waals surface area contributed by atoms with Crippen LogP contribution in [-0.4, -0.2) is 18.0 Å². The lowest BCUT2D eigenvalue weighted by Crippen LogP contribution is -2.23. The third-order valence-electron chi connectivity index (χ3n) is 3.44.